The second kappa shape index (κ2) is 6.52. The minimum atomic E-state index is -0.0371. The van der Waals surface area contributed by atoms with Crippen LogP contribution in [0.25, 0.3) is 0 Å². The first-order valence-corrected chi connectivity index (χ1v) is 7.46. The minimum absolute atomic E-state index is 0.0284. The van der Waals surface area contributed by atoms with E-state index in [9.17, 15) is 9.59 Å². The first-order chi connectivity index (χ1) is 10.7. The van der Waals surface area contributed by atoms with Gasteiger partial charge in [-0.25, -0.2) is 0 Å². The number of carbonyl (C=O) groups is 2. The van der Waals surface area contributed by atoms with Crippen molar-refractivity contribution in [1.82, 2.24) is 4.98 Å². The van der Waals surface area contributed by atoms with Gasteiger partial charge in [0.25, 0.3) is 0 Å². The third-order valence-corrected chi connectivity index (χ3v) is 3.82. The number of pyridine rings is 1. The zero-order valence-electron chi connectivity index (χ0n) is 12.2. The lowest BCUT2D eigenvalue weighted by molar-refractivity contribution is 0.0917. The molecule has 3 rings (SSSR count). The Balaban J connectivity index is 1.64. The van der Waals surface area contributed by atoms with E-state index in [1.54, 1.807) is 30.6 Å². The summed E-state index contributed by atoms with van der Waals surface area (Å²) in [7, 11) is 0. The number of rotatable bonds is 5. The number of ketones is 2. The molecule has 0 unspecified atom stereocenters. The van der Waals surface area contributed by atoms with E-state index in [1.807, 2.05) is 12.1 Å². The van der Waals surface area contributed by atoms with Crippen molar-refractivity contribution in [2.75, 3.05) is 6.61 Å². The second-order valence-corrected chi connectivity index (χ2v) is 5.36. The lowest BCUT2D eigenvalue weighted by Gasteiger charge is -2.17. The summed E-state index contributed by atoms with van der Waals surface area (Å²) in [5.41, 5.74) is 2.36. The molecule has 2 heterocycles. The van der Waals surface area contributed by atoms with Crippen LogP contribution in [0.15, 0.2) is 42.7 Å². The van der Waals surface area contributed by atoms with Crippen molar-refractivity contribution >= 4 is 11.6 Å². The zero-order chi connectivity index (χ0) is 15.4. The van der Waals surface area contributed by atoms with Gasteiger partial charge in [0.05, 0.1) is 6.61 Å². The van der Waals surface area contributed by atoms with Gasteiger partial charge in [-0.05, 0) is 36.6 Å². The van der Waals surface area contributed by atoms with E-state index in [4.69, 9.17) is 4.74 Å². The van der Waals surface area contributed by atoms with Crippen molar-refractivity contribution in [1.29, 1.82) is 0 Å². The Hall–Kier alpha value is -2.49. The number of fused-ring (bicyclic) bond motifs is 1. The fourth-order valence-electron chi connectivity index (χ4n) is 2.57. The van der Waals surface area contributed by atoms with Crippen LogP contribution in [0.1, 0.15) is 45.5 Å². The maximum atomic E-state index is 12.2. The SMILES string of the molecule is O=C(CCC(=O)c1ccc2c(c1)OCCC2)c1ccncc1. The molecule has 1 aromatic heterocycles. The van der Waals surface area contributed by atoms with Gasteiger partial charge in [0, 0.05) is 36.4 Å². The molecule has 0 radical (unpaired) electrons. The number of carbonyl (C=O) groups excluding carboxylic acids is 2. The highest BCUT2D eigenvalue weighted by Gasteiger charge is 2.15. The molecule has 0 amide bonds. The Morgan fingerprint density at radius 3 is 2.50 bits per heavy atom. The van der Waals surface area contributed by atoms with Gasteiger partial charge in [-0.3, -0.25) is 14.6 Å². The van der Waals surface area contributed by atoms with Crippen LogP contribution in [0.4, 0.5) is 0 Å². The molecule has 0 fully saturated rings. The van der Waals surface area contributed by atoms with Crippen LogP contribution in [-0.4, -0.2) is 23.2 Å². The molecule has 0 N–H and O–H groups in total. The molecule has 0 bridgehead atoms. The number of benzene rings is 1. The first-order valence-electron chi connectivity index (χ1n) is 7.46. The highest BCUT2D eigenvalue weighted by molar-refractivity contribution is 6.02. The van der Waals surface area contributed by atoms with Crippen LogP contribution in [0, 0.1) is 0 Å². The molecule has 1 aliphatic rings. The number of ether oxygens (including phenoxy) is 1. The smallest absolute Gasteiger partial charge is 0.163 e. The third-order valence-electron chi connectivity index (χ3n) is 3.82. The van der Waals surface area contributed by atoms with Crippen molar-refractivity contribution in [2.24, 2.45) is 0 Å². The Bertz CT molecular complexity index is 695. The third kappa shape index (κ3) is 3.22. The van der Waals surface area contributed by atoms with Crippen molar-refractivity contribution in [2.45, 2.75) is 25.7 Å². The fourth-order valence-corrected chi connectivity index (χ4v) is 2.57. The zero-order valence-corrected chi connectivity index (χ0v) is 12.2. The molecule has 0 atom stereocenters. The van der Waals surface area contributed by atoms with Crippen LogP contribution >= 0.6 is 0 Å². The number of aryl methyl sites for hydroxylation is 1. The lowest BCUT2D eigenvalue weighted by atomic mass is 9.99. The molecule has 4 heteroatoms. The van der Waals surface area contributed by atoms with Crippen LogP contribution in [0.5, 0.6) is 5.75 Å². The summed E-state index contributed by atoms with van der Waals surface area (Å²) in [5, 5.41) is 0. The predicted molar refractivity (Wildman–Crippen MR) is 82.4 cm³/mol. The van der Waals surface area contributed by atoms with Gasteiger partial charge >= 0.3 is 0 Å². The summed E-state index contributed by atoms with van der Waals surface area (Å²) in [4.78, 5) is 28.1. The second-order valence-electron chi connectivity index (χ2n) is 5.36. The summed E-state index contributed by atoms with van der Waals surface area (Å²) in [6, 6.07) is 8.91. The van der Waals surface area contributed by atoms with Gasteiger partial charge in [-0.2, -0.15) is 0 Å². The molecular formula is C18H17NO3. The first kappa shape index (κ1) is 14.4. The van der Waals surface area contributed by atoms with E-state index in [2.05, 4.69) is 4.98 Å². The normalized spacial score (nSPS) is 13.1. The van der Waals surface area contributed by atoms with Crippen molar-refractivity contribution in [3.63, 3.8) is 0 Å². The summed E-state index contributed by atoms with van der Waals surface area (Å²) in [6.45, 7) is 0.700. The largest absolute Gasteiger partial charge is 0.493 e. The standard InChI is InChI=1S/C18H17NO3/c20-16(13-7-9-19-10-8-13)5-6-17(21)15-4-3-14-2-1-11-22-18(14)12-15/h3-4,7-10,12H,1-2,5-6,11H2. The molecule has 1 aromatic carbocycles. The van der Waals surface area contributed by atoms with Crippen molar-refractivity contribution in [3.8, 4) is 5.75 Å². The number of hydrogen-bond acceptors (Lipinski definition) is 4. The summed E-state index contributed by atoms with van der Waals surface area (Å²) in [6.07, 6.45) is 5.58. The Morgan fingerprint density at radius 2 is 1.73 bits per heavy atom. The summed E-state index contributed by atoms with van der Waals surface area (Å²) in [5.74, 6) is 0.738. The highest BCUT2D eigenvalue weighted by atomic mass is 16.5. The Morgan fingerprint density at radius 1 is 1.00 bits per heavy atom. The number of Topliss-reactive ketones (excluding diaryl/α,β-unsaturated/α-hetero) is 2. The lowest BCUT2D eigenvalue weighted by Crippen LogP contribution is -2.10. The van der Waals surface area contributed by atoms with Crippen LogP contribution in [-0.2, 0) is 6.42 Å². The molecule has 4 nitrogen and oxygen atoms in total. The highest BCUT2D eigenvalue weighted by Crippen LogP contribution is 2.26. The van der Waals surface area contributed by atoms with E-state index >= 15 is 0 Å². The van der Waals surface area contributed by atoms with Crippen molar-refractivity contribution in [3.05, 3.63) is 59.4 Å². The predicted octanol–water partition coefficient (Wildman–Crippen LogP) is 3.25. The number of aromatic nitrogens is 1. The minimum Gasteiger partial charge on any atom is -0.493 e. The topological polar surface area (TPSA) is 56.3 Å². The monoisotopic (exact) mass is 295 g/mol. The van der Waals surface area contributed by atoms with E-state index in [0.717, 1.165) is 24.2 Å². The van der Waals surface area contributed by atoms with E-state index in [1.165, 1.54) is 0 Å². The van der Waals surface area contributed by atoms with Crippen LogP contribution in [0.3, 0.4) is 0 Å². The maximum absolute atomic E-state index is 12.2. The van der Waals surface area contributed by atoms with Crippen molar-refractivity contribution < 1.29 is 14.3 Å². The molecule has 0 saturated heterocycles. The molecule has 112 valence electrons. The molecule has 22 heavy (non-hydrogen) atoms. The van der Waals surface area contributed by atoms with E-state index in [-0.39, 0.29) is 24.4 Å². The Kier molecular flexibility index (Phi) is 4.28. The molecular weight excluding hydrogens is 278 g/mol. The summed E-state index contributed by atoms with van der Waals surface area (Å²) < 4.78 is 5.58. The van der Waals surface area contributed by atoms with Gasteiger partial charge in [0.15, 0.2) is 11.6 Å². The maximum Gasteiger partial charge on any atom is 0.163 e. The van der Waals surface area contributed by atoms with E-state index < -0.39 is 0 Å². The molecule has 1 aliphatic heterocycles. The number of hydrogen-bond donors (Lipinski definition) is 0. The van der Waals surface area contributed by atoms with E-state index in [0.29, 0.717) is 17.7 Å². The molecule has 0 saturated carbocycles. The molecule has 2 aromatic rings. The number of nitrogens with zero attached hydrogens (tertiary/aromatic N) is 1. The fraction of sp³-hybridized carbons (Fsp3) is 0.278. The average Bonchev–Trinajstić information content (AvgIpc) is 2.59. The summed E-state index contributed by atoms with van der Waals surface area (Å²) >= 11 is 0. The van der Waals surface area contributed by atoms with Gasteiger partial charge in [-0.1, -0.05) is 12.1 Å². The van der Waals surface area contributed by atoms with Crippen LogP contribution in [0.2, 0.25) is 0 Å². The molecule has 0 spiro atoms. The van der Waals surface area contributed by atoms with Gasteiger partial charge < -0.3 is 4.74 Å². The van der Waals surface area contributed by atoms with Gasteiger partial charge in [-0.15, -0.1) is 0 Å². The van der Waals surface area contributed by atoms with Crippen LogP contribution < -0.4 is 4.74 Å². The average molecular weight is 295 g/mol. The molecule has 0 aliphatic carbocycles. The quantitative estimate of drug-likeness (QED) is 0.794. The Labute approximate surface area is 129 Å². The van der Waals surface area contributed by atoms with Gasteiger partial charge in [0.1, 0.15) is 5.75 Å². The van der Waals surface area contributed by atoms with Gasteiger partial charge in [0.2, 0.25) is 0 Å².